The molecule has 0 aliphatic carbocycles. The smallest absolute Gasteiger partial charge is 0.172 e. The highest BCUT2D eigenvalue weighted by Crippen LogP contribution is 2.34. The molecule has 5 nitrogen and oxygen atoms in total. The maximum atomic E-state index is 13.8. The van der Waals surface area contributed by atoms with Gasteiger partial charge < -0.3 is 10.2 Å². The number of fused-ring (bicyclic) bond motifs is 1. The summed E-state index contributed by atoms with van der Waals surface area (Å²) in [6.45, 7) is 1.78. The van der Waals surface area contributed by atoms with Gasteiger partial charge in [0.25, 0.3) is 0 Å². The third-order valence-electron chi connectivity index (χ3n) is 4.11. The maximum Gasteiger partial charge on any atom is 0.172 e. The van der Waals surface area contributed by atoms with Crippen LogP contribution in [0.15, 0.2) is 54.6 Å². The van der Waals surface area contributed by atoms with Crippen molar-refractivity contribution in [1.29, 1.82) is 0 Å². The number of benzene rings is 3. The molecular formula is C19H14FN3O2. The van der Waals surface area contributed by atoms with Crippen molar-refractivity contribution < 1.29 is 14.6 Å². The topological polar surface area (TPSA) is 71.2 Å². The average molecular weight is 335 g/mol. The molecule has 0 spiro atoms. The summed E-state index contributed by atoms with van der Waals surface area (Å²) in [6, 6.07) is 14.5. The second-order valence-corrected chi connectivity index (χ2v) is 5.75. The van der Waals surface area contributed by atoms with Crippen molar-refractivity contribution in [3.05, 3.63) is 66.2 Å². The molecule has 3 aromatic carbocycles. The lowest BCUT2D eigenvalue weighted by atomic mass is 10.1. The molecule has 0 bridgehead atoms. The molecule has 0 aliphatic heterocycles. The second-order valence-electron chi connectivity index (χ2n) is 5.75. The summed E-state index contributed by atoms with van der Waals surface area (Å²) < 4.78 is 15.5. The summed E-state index contributed by atoms with van der Waals surface area (Å²) in [7, 11) is 0. The highest BCUT2D eigenvalue weighted by Gasteiger charge is 2.18. The fraction of sp³-hybridized carbons (Fsp3) is 0.0526. The van der Waals surface area contributed by atoms with Gasteiger partial charge in [0.2, 0.25) is 0 Å². The minimum atomic E-state index is -0.334. The van der Waals surface area contributed by atoms with Crippen molar-refractivity contribution in [2.24, 2.45) is 0 Å². The van der Waals surface area contributed by atoms with E-state index in [9.17, 15) is 14.6 Å². The standard InChI is InChI=1S/C19H14FN3O2/c1-11-21-22-19(15-8-7-14(24)10-18(15)25)23(11)17-4-2-3-12-5-6-13(20)9-16(12)17/h2-10,24-25H,1H3. The summed E-state index contributed by atoms with van der Waals surface area (Å²) >= 11 is 0. The largest absolute Gasteiger partial charge is 0.508 e. The Morgan fingerprint density at radius 1 is 0.960 bits per heavy atom. The van der Waals surface area contributed by atoms with Gasteiger partial charge in [-0.15, -0.1) is 10.2 Å². The number of nitrogens with zero attached hydrogens (tertiary/aromatic N) is 3. The monoisotopic (exact) mass is 335 g/mol. The Morgan fingerprint density at radius 2 is 1.80 bits per heavy atom. The third-order valence-corrected chi connectivity index (χ3v) is 4.11. The molecule has 0 radical (unpaired) electrons. The Bertz CT molecular complexity index is 1110. The Hall–Kier alpha value is -3.41. The van der Waals surface area contributed by atoms with Gasteiger partial charge in [-0.3, -0.25) is 4.57 Å². The zero-order valence-corrected chi connectivity index (χ0v) is 13.3. The molecule has 0 aliphatic rings. The van der Waals surface area contributed by atoms with Crippen molar-refractivity contribution in [2.45, 2.75) is 6.92 Å². The number of hydrogen-bond donors (Lipinski definition) is 2. The van der Waals surface area contributed by atoms with E-state index in [1.807, 2.05) is 18.2 Å². The number of halogens is 1. The van der Waals surface area contributed by atoms with Crippen LogP contribution in [-0.2, 0) is 0 Å². The molecule has 0 saturated heterocycles. The number of aromatic nitrogens is 3. The first-order chi connectivity index (χ1) is 12.0. The van der Waals surface area contributed by atoms with Gasteiger partial charge in [-0.2, -0.15) is 0 Å². The van der Waals surface area contributed by atoms with Crippen molar-refractivity contribution >= 4 is 10.8 Å². The summed E-state index contributed by atoms with van der Waals surface area (Å²) in [6.07, 6.45) is 0. The molecule has 0 amide bonds. The van der Waals surface area contributed by atoms with E-state index in [1.165, 1.54) is 24.3 Å². The van der Waals surface area contributed by atoms with E-state index in [4.69, 9.17) is 0 Å². The van der Waals surface area contributed by atoms with Crippen LogP contribution in [0.4, 0.5) is 4.39 Å². The van der Waals surface area contributed by atoms with E-state index in [1.54, 1.807) is 23.6 Å². The summed E-state index contributed by atoms with van der Waals surface area (Å²) in [4.78, 5) is 0. The lowest BCUT2D eigenvalue weighted by Crippen LogP contribution is -2.01. The van der Waals surface area contributed by atoms with Gasteiger partial charge in [-0.05, 0) is 42.6 Å². The number of aryl methyl sites for hydroxylation is 1. The Morgan fingerprint density at radius 3 is 2.60 bits per heavy atom. The van der Waals surface area contributed by atoms with Gasteiger partial charge in [-0.25, -0.2) is 4.39 Å². The number of hydrogen-bond acceptors (Lipinski definition) is 4. The predicted octanol–water partition coefficient (Wildman–Crippen LogP) is 3.95. The quantitative estimate of drug-likeness (QED) is 0.582. The van der Waals surface area contributed by atoms with E-state index >= 15 is 0 Å². The van der Waals surface area contributed by atoms with Crippen molar-refractivity contribution in [3.8, 4) is 28.6 Å². The molecule has 0 unspecified atom stereocenters. The minimum absolute atomic E-state index is 0.0451. The van der Waals surface area contributed by atoms with Gasteiger partial charge in [0.1, 0.15) is 23.1 Å². The Kier molecular flexibility index (Phi) is 3.39. The molecule has 6 heteroatoms. The van der Waals surface area contributed by atoms with Gasteiger partial charge in [0.05, 0.1) is 11.3 Å². The van der Waals surface area contributed by atoms with Crippen LogP contribution in [0, 0.1) is 12.7 Å². The van der Waals surface area contributed by atoms with Crippen LogP contribution in [-0.4, -0.2) is 25.0 Å². The normalized spacial score (nSPS) is 11.1. The van der Waals surface area contributed by atoms with Crippen LogP contribution in [0.2, 0.25) is 0 Å². The van der Waals surface area contributed by atoms with E-state index < -0.39 is 0 Å². The summed E-state index contributed by atoms with van der Waals surface area (Å²) in [5, 5.41) is 29.5. The van der Waals surface area contributed by atoms with E-state index in [0.717, 1.165) is 5.39 Å². The van der Waals surface area contributed by atoms with Crippen LogP contribution < -0.4 is 0 Å². The first-order valence-corrected chi connectivity index (χ1v) is 7.67. The van der Waals surface area contributed by atoms with Crippen molar-refractivity contribution in [2.75, 3.05) is 0 Å². The van der Waals surface area contributed by atoms with Crippen LogP contribution >= 0.6 is 0 Å². The molecule has 2 N–H and O–H groups in total. The molecule has 0 atom stereocenters. The van der Waals surface area contributed by atoms with Gasteiger partial charge in [-0.1, -0.05) is 18.2 Å². The molecule has 25 heavy (non-hydrogen) atoms. The minimum Gasteiger partial charge on any atom is -0.508 e. The van der Waals surface area contributed by atoms with Crippen LogP contribution in [0.25, 0.3) is 27.8 Å². The zero-order chi connectivity index (χ0) is 17.6. The van der Waals surface area contributed by atoms with Crippen molar-refractivity contribution in [1.82, 2.24) is 14.8 Å². The first-order valence-electron chi connectivity index (χ1n) is 7.67. The van der Waals surface area contributed by atoms with Crippen molar-refractivity contribution in [3.63, 3.8) is 0 Å². The molecule has 0 fully saturated rings. The van der Waals surface area contributed by atoms with E-state index in [-0.39, 0.29) is 17.3 Å². The van der Waals surface area contributed by atoms with Crippen LogP contribution in [0.3, 0.4) is 0 Å². The van der Waals surface area contributed by atoms with Crippen LogP contribution in [0.5, 0.6) is 11.5 Å². The Labute approximate surface area is 142 Å². The lowest BCUT2D eigenvalue weighted by molar-refractivity contribution is 0.451. The van der Waals surface area contributed by atoms with Crippen LogP contribution in [0.1, 0.15) is 5.82 Å². The Balaban J connectivity index is 2.02. The predicted molar refractivity (Wildman–Crippen MR) is 92.3 cm³/mol. The fourth-order valence-corrected chi connectivity index (χ4v) is 2.96. The number of aromatic hydroxyl groups is 2. The molecule has 4 rings (SSSR count). The molecule has 1 aromatic heterocycles. The van der Waals surface area contributed by atoms with Gasteiger partial charge in [0, 0.05) is 11.5 Å². The molecule has 124 valence electrons. The highest BCUT2D eigenvalue weighted by atomic mass is 19.1. The molecule has 0 saturated carbocycles. The zero-order valence-electron chi connectivity index (χ0n) is 13.3. The number of rotatable bonds is 2. The summed E-state index contributed by atoms with van der Waals surface area (Å²) in [5.41, 5.74) is 1.13. The highest BCUT2D eigenvalue weighted by molar-refractivity contribution is 5.91. The SMILES string of the molecule is Cc1nnc(-c2ccc(O)cc2O)n1-c1cccc2ccc(F)cc12. The van der Waals surface area contributed by atoms with E-state index in [2.05, 4.69) is 10.2 Å². The molecule has 4 aromatic rings. The molecule has 1 heterocycles. The average Bonchev–Trinajstić information content (AvgIpc) is 2.95. The lowest BCUT2D eigenvalue weighted by Gasteiger charge is -2.13. The number of phenols is 2. The first kappa shape index (κ1) is 15.1. The van der Waals surface area contributed by atoms with Gasteiger partial charge >= 0.3 is 0 Å². The maximum absolute atomic E-state index is 13.8. The van der Waals surface area contributed by atoms with Gasteiger partial charge in [0.15, 0.2) is 5.82 Å². The molecular weight excluding hydrogens is 321 g/mol. The third kappa shape index (κ3) is 2.48. The number of phenolic OH excluding ortho intramolecular Hbond substituents is 2. The fourth-order valence-electron chi connectivity index (χ4n) is 2.96. The van der Waals surface area contributed by atoms with E-state index in [0.29, 0.717) is 28.3 Å². The summed E-state index contributed by atoms with van der Waals surface area (Å²) in [5.74, 6) is 0.516. The second kappa shape index (κ2) is 5.59.